The van der Waals surface area contributed by atoms with Crippen LogP contribution in [0.25, 0.3) is 10.2 Å². The molecule has 0 spiro atoms. The van der Waals surface area contributed by atoms with Crippen LogP contribution in [0.1, 0.15) is 43.4 Å². The molecule has 1 fully saturated rings. The molecule has 0 radical (unpaired) electrons. The van der Waals surface area contributed by atoms with Crippen LogP contribution in [0, 0.1) is 5.92 Å². The number of anilines is 1. The molecule has 2 unspecified atom stereocenters. The van der Waals surface area contributed by atoms with Crippen LogP contribution in [0.4, 0.5) is 10.6 Å². The smallest absolute Gasteiger partial charge is 0.404 e. The number of hydrogen-bond acceptors (Lipinski definition) is 5. The summed E-state index contributed by atoms with van der Waals surface area (Å²) in [6.45, 7) is 1.91. The van der Waals surface area contributed by atoms with Gasteiger partial charge < -0.3 is 15.7 Å². The summed E-state index contributed by atoms with van der Waals surface area (Å²) < 4.78 is 1.03. The number of nitrogens with one attached hydrogen (secondary N) is 3. The van der Waals surface area contributed by atoms with Crippen molar-refractivity contribution >= 4 is 39.4 Å². The van der Waals surface area contributed by atoms with Gasteiger partial charge in [-0.1, -0.05) is 12.1 Å². The summed E-state index contributed by atoms with van der Waals surface area (Å²) >= 11 is 1.53. The van der Waals surface area contributed by atoms with Crippen LogP contribution in [0.3, 0.4) is 0 Å². The van der Waals surface area contributed by atoms with E-state index in [1.165, 1.54) is 11.3 Å². The van der Waals surface area contributed by atoms with Crippen molar-refractivity contribution in [3.8, 4) is 0 Å². The summed E-state index contributed by atoms with van der Waals surface area (Å²) in [5.74, 6) is 0.994. The Kier molecular flexibility index (Phi) is 5.48. The minimum absolute atomic E-state index is 0.0750. The summed E-state index contributed by atoms with van der Waals surface area (Å²) in [4.78, 5) is 27.6. The number of aromatic amines is 1. The third-order valence-electron chi connectivity index (χ3n) is 5.63. The van der Waals surface area contributed by atoms with E-state index in [1.54, 1.807) is 5.51 Å². The van der Waals surface area contributed by atoms with E-state index >= 15 is 0 Å². The normalized spacial score (nSPS) is 19.9. The molecule has 29 heavy (non-hydrogen) atoms. The topological polar surface area (TPSA) is 120 Å². The zero-order valence-electron chi connectivity index (χ0n) is 16.0. The van der Waals surface area contributed by atoms with Gasteiger partial charge in [0.05, 0.1) is 22.1 Å². The predicted molar refractivity (Wildman–Crippen MR) is 111 cm³/mol. The van der Waals surface area contributed by atoms with E-state index < -0.39 is 6.09 Å². The first-order valence-electron chi connectivity index (χ1n) is 9.65. The first-order chi connectivity index (χ1) is 14.0. The van der Waals surface area contributed by atoms with Crippen molar-refractivity contribution in [3.63, 3.8) is 0 Å². The molecular weight excluding hydrogens is 390 g/mol. The number of H-pyrrole nitrogens is 1. The van der Waals surface area contributed by atoms with Crippen LogP contribution in [0.15, 0.2) is 29.8 Å². The van der Waals surface area contributed by atoms with Gasteiger partial charge in [0.15, 0.2) is 5.82 Å². The van der Waals surface area contributed by atoms with Gasteiger partial charge >= 0.3 is 6.09 Å². The van der Waals surface area contributed by atoms with Crippen LogP contribution >= 0.6 is 11.3 Å². The van der Waals surface area contributed by atoms with Crippen molar-refractivity contribution in [2.45, 2.75) is 44.6 Å². The summed E-state index contributed by atoms with van der Waals surface area (Å²) in [6, 6.07) is 7.60. The molecule has 1 aromatic carbocycles. The Morgan fingerprint density at radius 2 is 2.24 bits per heavy atom. The lowest BCUT2D eigenvalue weighted by atomic mass is 9.97. The minimum Gasteiger partial charge on any atom is -0.465 e. The van der Waals surface area contributed by atoms with Gasteiger partial charge in [0.2, 0.25) is 5.91 Å². The largest absolute Gasteiger partial charge is 0.465 e. The molecule has 4 N–H and O–H groups in total. The fourth-order valence-electron chi connectivity index (χ4n) is 4.12. The Hall–Kier alpha value is -2.94. The highest BCUT2D eigenvalue weighted by Crippen LogP contribution is 2.39. The van der Waals surface area contributed by atoms with Crippen LogP contribution in [-0.2, 0) is 11.2 Å². The van der Waals surface area contributed by atoms with Crippen molar-refractivity contribution in [1.29, 1.82) is 0 Å². The molecule has 8 nitrogen and oxygen atoms in total. The van der Waals surface area contributed by atoms with Crippen molar-refractivity contribution in [2.24, 2.45) is 5.92 Å². The van der Waals surface area contributed by atoms with E-state index in [-0.39, 0.29) is 18.4 Å². The number of fused-ring (bicyclic) bond motifs is 1. The maximum atomic E-state index is 12.5. The fourth-order valence-corrected chi connectivity index (χ4v) is 4.92. The van der Waals surface area contributed by atoms with Crippen molar-refractivity contribution < 1.29 is 14.7 Å². The van der Waals surface area contributed by atoms with Crippen LogP contribution < -0.4 is 10.6 Å². The molecular formula is C20H23N5O3S. The second-order valence-corrected chi connectivity index (χ2v) is 8.41. The molecule has 152 valence electrons. The lowest BCUT2D eigenvalue weighted by Crippen LogP contribution is -2.36. The van der Waals surface area contributed by atoms with Gasteiger partial charge in [-0.25, -0.2) is 9.78 Å². The highest BCUT2D eigenvalue weighted by Gasteiger charge is 2.31. The SMILES string of the molecule is CC(NC(=O)O)C1CC[C@H](c2cc(NC(=O)Cc3cccc4ncsc34)n[nH]2)C1. The van der Waals surface area contributed by atoms with E-state index in [0.29, 0.717) is 17.7 Å². The molecule has 0 bridgehead atoms. The lowest BCUT2D eigenvalue weighted by molar-refractivity contribution is -0.115. The summed E-state index contributed by atoms with van der Waals surface area (Å²) in [5.41, 5.74) is 4.63. The molecule has 4 rings (SSSR count). The third-order valence-corrected chi connectivity index (χ3v) is 6.54. The number of carbonyl (C=O) groups is 2. The Bertz CT molecular complexity index is 1030. The van der Waals surface area contributed by atoms with Crippen LogP contribution in [0.5, 0.6) is 0 Å². The molecule has 2 heterocycles. The number of amides is 2. The first-order valence-corrected chi connectivity index (χ1v) is 10.5. The van der Waals surface area contributed by atoms with Gasteiger partial charge in [0.1, 0.15) is 0 Å². The molecule has 2 amide bonds. The predicted octanol–water partition coefficient (Wildman–Crippen LogP) is 3.74. The fraction of sp³-hybridized carbons (Fsp3) is 0.400. The van der Waals surface area contributed by atoms with Gasteiger partial charge in [-0.2, -0.15) is 5.10 Å². The van der Waals surface area contributed by atoms with E-state index in [0.717, 1.165) is 40.7 Å². The number of carbonyl (C=O) groups excluding carboxylic acids is 1. The molecule has 9 heteroatoms. The number of hydrogen-bond donors (Lipinski definition) is 4. The molecule has 0 saturated heterocycles. The van der Waals surface area contributed by atoms with Gasteiger partial charge in [0, 0.05) is 23.7 Å². The first kappa shape index (κ1) is 19.4. The second kappa shape index (κ2) is 8.20. The number of aromatic nitrogens is 3. The lowest BCUT2D eigenvalue weighted by Gasteiger charge is -2.18. The number of nitrogens with zero attached hydrogens (tertiary/aromatic N) is 2. The molecule has 3 atom stereocenters. The van der Waals surface area contributed by atoms with E-state index in [4.69, 9.17) is 5.11 Å². The number of thiazole rings is 1. The van der Waals surface area contributed by atoms with E-state index in [1.807, 2.05) is 31.2 Å². The van der Waals surface area contributed by atoms with E-state index in [2.05, 4.69) is 25.8 Å². The molecule has 1 saturated carbocycles. The maximum absolute atomic E-state index is 12.5. The Morgan fingerprint density at radius 1 is 1.38 bits per heavy atom. The minimum atomic E-state index is -0.985. The van der Waals surface area contributed by atoms with Gasteiger partial charge in [0.25, 0.3) is 0 Å². The van der Waals surface area contributed by atoms with Crippen molar-refractivity contribution in [3.05, 3.63) is 41.0 Å². The maximum Gasteiger partial charge on any atom is 0.404 e. The highest BCUT2D eigenvalue weighted by atomic mass is 32.1. The number of rotatable bonds is 6. The van der Waals surface area contributed by atoms with Crippen molar-refractivity contribution in [1.82, 2.24) is 20.5 Å². The molecule has 2 aromatic heterocycles. The summed E-state index contributed by atoms with van der Waals surface area (Å²) in [6.07, 6.45) is 2.11. The average Bonchev–Trinajstić information content (AvgIpc) is 3.41. The second-order valence-electron chi connectivity index (χ2n) is 7.56. The zero-order chi connectivity index (χ0) is 20.4. The average molecular weight is 414 g/mol. The third kappa shape index (κ3) is 4.40. The Balaban J connectivity index is 1.35. The Labute approximate surface area is 171 Å². The van der Waals surface area contributed by atoms with Crippen molar-refractivity contribution in [2.75, 3.05) is 5.32 Å². The quantitative estimate of drug-likeness (QED) is 0.491. The molecule has 0 aliphatic heterocycles. The molecule has 3 aromatic rings. The van der Waals surface area contributed by atoms with Crippen LogP contribution in [0.2, 0.25) is 0 Å². The van der Waals surface area contributed by atoms with Gasteiger partial charge in [-0.15, -0.1) is 11.3 Å². The zero-order valence-corrected chi connectivity index (χ0v) is 16.8. The van der Waals surface area contributed by atoms with Gasteiger partial charge in [-0.05, 0) is 43.7 Å². The summed E-state index contributed by atoms with van der Waals surface area (Å²) in [5, 5.41) is 21.6. The van der Waals surface area contributed by atoms with Gasteiger partial charge in [-0.3, -0.25) is 9.89 Å². The van der Waals surface area contributed by atoms with E-state index in [9.17, 15) is 9.59 Å². The Morgan fingerprint density at radius 3 is 3.07 bits per heavy atom. The highest BCUT2D eigenvalue weighted by molar-refractivity contribution is 7.17. The number of carboxylic acid groups (broad SMARTS) is 1. The monoisotopic (exact) mass is 413 g/mol. The van der Waals surface area contributed by atoms with Crippen LogP contribution in [-0.4, -0.2) is 38.3 Å². The standard InChI is InChI=1S/C20H23N5O3S/c1-11(22-20(27)28)12-5-6-13(7-12)16-9-17(25-24-16)23-18(26)8-14-3-2-4-15-19(14)29-10-21-15/h2-4,9-13,22H,5-8H2,1H3,(H,27,28)(H2,23,24,25,26)/t11?,12?,13-/m0/s1. The molecule has 1 aliphatic rings. The molecule has 1 aliphatic carbocycles. The number of benzene rings is 1. The summed E-state index contributed by atoms with van der Waals surface area (Å²) in [7, 11) is 0.